The summed E-state index contributed by atoms with van der Waals surface area (Å²) in [4.78, 5) is 9.44. The van der Waals surface area contributed by atoms with E-state index in [0.717, 1.165) is 76.8 Å². The number of nitrogens with zero attached hydrogens (tertiary/aromatic N) is 5. The van der Waals surface area contributed by atoms with Crippen molar-refractivity contribution in [2.45, 2.75) is 45.6 Å². The molecule has 0 atom stereocenters. The topological polar surface area (TPSA) is 60.7 Å². The standard InChI is InChI=1S/C26H31N5.C7H16N2/c1-6-20-16-28-31-13-10-22(14-26(20)31)24(7-2)25-15-23(17-27-19(25)4)29-18(3)21-8-11-30(5)12-9-21;1-8-7-3-5-9(2)6-4-7/h6-7,10,13-17,21,29H,1,3,8-9,11-12H2,2,4-5H3;7-8H,3-6H2,1-2H3/b24-7-;. The monoisotopic (exact) mass is 541 g/mol. The van der Waals surface area contributed by atoms with Crippen LogP contribution in [0.5, 0.6) is 0 Å². The summed E-state index contributed by atoms with van der Waals surface area (Å²) in [6.45, 7) is 17.1. The predicted molar refractivity (Wildman–Crippen MR) is 170 cm³/mol. The number of hydrogen-bond acceptors (Lipinski definition) is 6. The third-order valence-electron chi connectivity index (χ3n) is 8.39. The Balaban J connectivity index is 0.000000350. The number of aromatic nitrogens is 3. The van der Waals surface area contributed by atoms with E-state index >= 15 is 0 Å². The second-order valence-corrected chi connectivity index (χ2v) is 11.2. The van der Waals surface area contributed by atoms with Crippen LogP contribution in [0.3, 0.4) is 0 Å². The zero-order valence-corrected chi connectivity index (χ0v) is 25.1. The van der Waals surface area contributed by atoms with Gasteiger partial charge in [-0.05, 0) is 116 Å². The molecule has 5 heterocycles. The SMILES string of the molecule is C=Cc1cnn2ccc(/C(=C/C)c3cc(NC(=C)C4CCN(C)CC4)cnc3C)cc12.CNC1CCN(C)CC1. The van der Waals surface area contributed by atoms with Crippen LogP contribution in [0, 0.1) is 12.8 Å². The van der Waals surface area contributed by atoms with Gasteiger partial charge in [-0.2, -0.15) is 5.10 Å². The molecule has 0 radical (unpaired) electrons. The van der Waals surface area contributed by atoms with Gasteiger partial charge in [0.2, 0.25) is 0 Å². The van der Waals surface area contributed by atoms with Crippen LogP contribution in [0.4, 0.5) is 5.69 Å². The van der Waals surface area contributed by atoms with Gasteiger partial charge in [-0.25, -0.2) is 4.52 Å². The van der Waals surface area contributed by atoms with Gasteiger partial charge >= 0.3 is 0 Å². The number of hydrogen-bond donors (Lipinski definition) is 2. The normalized spacial score (nSPS) is 17.9. The number of anilines is 1. The van der Waals surface area contributed by atoms with Crippen molar-refractivity contribution in [2.24, 2.45) is 5.92 Å². The van der Waals surface area contributed by atoms with E-state index in [2.05, 4.69) is 103 Å². The Kier molecular flexibility index (Phi) is 10.3. The molecule has 40 heavy (non-hydrogen) atoms. The molecule has 0 bridgehead atoms. The minimum Gasteiger partial charge on any atom is -0.358 e. The number of likely N-dealkylation sites (tertiary alicyclic amines) is 2. The maximum absolute atomic E-state index is 4.68. The fraction of sp³-hybridized carbons (Fsp3) is 0.455. The van der Waals surface area contributed by atoms with Gasteiger partial charge in [0.05, 0.1) is 23.6 Å². The maximum atomic E-state index is 4.68. The molecule has 2 fully saturated rings. The van der Waals surface area contributed by atoms with Crippen LogP contribution in [0.2, 0.25) is 0 Å². The van der Waals surface area contributed by atoms with Crippen molar-refractivity contribution in [3.8, 4) is 0 Å². The summed E-state index contributed by atoms with van der Waals surface area (Å²) in [5, 5.41) is 11.2. The van der Waals surface area contributed by atoms with E-state index in [1.165, 1.54) is 25.9 Å². The Morgan fingerprint density at radius 2 is 1.70 bits per heavy atom. The third kappa shape index (κ3) is 7.27. The van der Waals surface area contributed by atoms with E-state index in [-0.39, 0.29) is 0 Å². The average Bonchev–Trinajstić information content (AvgIpc) is 3.39. The first-order valence-corrected chi connectivity index (χ1v) is 14.6. The number of pyridine rings is 2. The molecule has 0 spiro atoms. The second-order valence-electron chi connectivity index (χ2n) is 11.2. The van der Waals surface area contributed by atoms with Crippen LogP contribution in [-0.4, -0.2) is 77.8 Å². The van der Waals surface area contributed by atoms with Gasteiger partial charge in [-0.3, -0.25) is 4.98 Å². The van der Waals surface area contributed by atoms with Gasteiger partial charge in [0.1, 0.15) is 0 Å². The molecular formula is C33H47N7. The molecule has 0 amide bonds. The highest BCUT2D eigenvalue weighted by molar-refractivity contribution is 5.84. The molecule has 5 rings (SSSR count). The average molecular weight is 542 g/mol. The minimum atomic E-state index is 0.503. The molecule has 2 aliphatic heterocycles. The van der Waals surface area contributed by atoms with Crippen molar-refractivity contribution in [3.63, 3.8) is 0 Å². The highest BCUT2D eigenvalue weighted by atomic mass is 15.2. The van der Waals surface area contributed by atoms with E-state index in [1.807, 2.05) is 29.2 Å². The van der Waals surface area contributed by atoms with Crippen molar-refractivity contribution in [1.29, 1.82) is 0 Å². The first-order chi connectivity index (χ1) is 19.3. The van der Waals surface area contributed by atoms with Gasteiger partial charge in [-0.1, -0.05) is 25.3 Å². The second kappa shape index (κ2) is 13.9. The summed E-state index contributed by atoms with van der Waals surface area (Å²) in [5.41, 5.74) is 8.55. The van der Waals surface area contributed by atoms with E-state index in [1.54, 1.807) is 0 Å². The summed E-state index contributed by atoms with van der Waals surface area (Å²) < 4.78 is 1.88. The highest BCUT2D eigenvalue weighted by Crippen LogP contribution is 2.30. The fourth-order valence-electron chi connectivity index (χ4n) is 5.62. The zero-order chi connectivity index (χ0) is 28.6. The van der Waals surface area contributed by atoms with Gasteiger partial charge < -0.3 is 20.4 Å². The first-order valence-electron chi connectivity index (χ1n) is 14.6. The minimum absolute atomic E-state index is 0.503. The van der Waals surface area contributed by atoms with Crippen molar-refractivity contribution in [2.75, 3.05) is 52.6 Å². The lowest BCUT2D eigenvalue weighted by molar-refractivity contribution is 0.239. The van der Waals surface area contributed by atoms with E-state index in [4.69, 9.17) is 0 Å². The highest BCUT2D eigenvalue weighted by Gasteiger charge is 2.20. The molecule has 7 nitrogen and oxygen atoms in total. The summed E-state index contributed by atoms with van der Waals surface area (Å²) in [5.74, 6) is 0.503. The largest absolute Gasteiger partial charge is 0.358 e. The first kappa shape index (κ1) is 29.7. The van der Waals surface area contributed by atoms with Gasteiger partial charge in [0, 0.05) is 40.7 Å². The van der Waals surface area contributed by atoms with Crippen molar-refractivity contribution >= 4 is 22.9 Å². The fourth-order valence-corrected chi connectivity index (χ4v) is 5.62. The van der Waals surface area contributed by atoms with Crippen molar-refractivity contribution in [3.05, 3.63) is 84.1 Å². The van der Waals surface area contributed by atoms with E-state index < -0.39 is 0 Å². The molecule has 0 saturated carbocycles. The molecule has 2 N–H and O–H groups in total. The van der Waals surface area contributed by atoms with Crippen LogP contribution >= 0.6 is 0 Å². The van der Waals surface area contributed by atoms with Crippen LogP contribution in [0.25, 0.3) is 17.2 Å². The molecule has 2 saturated heterocycles. The molecule has 214 valence electrons. The van der Waals surface area contributed by atoms with Crippen LogP contribution in [0.15, 0.2) is 61.7 Å². The lowest BCUT2D eigenvalue weighted by atomic mass is 9.93. The molecular weight excluding hydrogens is 494 g/mol. The molecule has 7 heteroatoms. The van der Waals surface area contributed by atoms with E-state index in [9.17, 15) is 0 Å². The quantitative estimate of drug-likeness (QED) is 0.400. The Bertz CT molecular complexity index is 1320. The predicted octanol–water partition coefficient (Wildman–Crippen LogP) is 5.70. The Labute approximate surface area is 240 Å². The number of rotatable bonds is 7. The Morgan fingerprint density at radius 3 is 2.33 bits per heavy atom. The summed E-state index contributed by atoms with van der Waals surface area (Å²) in [7, 11) is 6.42. The molecule has 0 unspecified atom stereocenters. The Hall–Kier alpha value is -3.26. The Morgan fingerprint density at radius 1 is 1.02 bits per heavy atom. The number of nitrogens with one attached hydrogen (secondary N) is 2. The molecule has 2 aliphatic rings. The number of aryl methyl sites for hydroxylation is 1. The molecule has 3 aromatic rings. The number of piperidine rings is 2. The van der Waals surface area contributed by atoms with Gasteiger partial charge in [0.25, 0.3) is 0 Å². The maximum Gasteiger partial charge on any atom is 0.0739 e. The summed E-state index contributed by atoms with van der Waals surface area (Å²) in [6.07, 6.45) is 14.6. The van der Waals surface area contributed by atoms with Crippen LogP contribution in [-0.2, 0) is 0 Å². The van der Waals surface area contributed by atoms with Crippen molar-refractivity contribution in [1.82, 2.24) is 29.7 Å². The van der Waals surface area contributed by atoms with Crippen LogP contribution in [0.1, 0.15) is 55.0 Å². The van der Waals surface area contributed by atoms with Gasteiger partial charge in [0.15, 0.2) is 0 Å². The molecule has 0 aromatic carbocycles. The molecule has 0 aliphatic carbocycles. The van der Waals surface area contributed by atoms with E-state index in [0.29, 0.717) is 5.92 Å². The lowest BCUT2D eigenvalue weighted by Crippen LogP contribution is -2.39. The third-order valence-corrected chi connectivity index (χ3v) is 8.39. The smallest absolute Gasteiger partial charge is 0.0739 e. The molecule has 3 aromatic heterocycles. The summed E-state index contributed by atoms with van der Waals surface area (Å²) >= 11 is 0. The zero-order valence-electron chi connectivity index (χ0n) is 25.1. The van der Waals surface area contributed by atoms with Crippen molar-refractivity contribution < 1.29 is 0 Å². The lowest BCUT2D eigenvalue weighted by Gasteiger charge is -2.30. The summed E-state index contributed by atoms with van der Waals surface area (Å²) in [6, 6.07) is 7.23. The number of allylic oxidation sites excluding steroid dienone is 2. The number of fused-ring (bicyclic) bond motifs is 1. The van der Waals surface area contributed by atoms with Gasteiger partial charge in [-0.15, -0.1) is 0 Å². The van der Waals surface area contributed by atoms with Crippen LogP contribution < -0.4 is 10.6 Å².